The van der Waals surface area contributed by atoms with Crippen LogP contribution in [0.1, 0.15) is 146 Å². The first-order valence-corrected chi connectivity index (χ1v) is 47.8. The van der Waals surface area contributed by atoms with Gasteiger partial charge in [-0.05, 0) is 119 Å². The minimum atomic E-state index is -2.07. The van der Waals surface area contributed by atoms with E-state index in [1.807, 2.05) is 13.8 Å². The van der Waals surface area contributed by atoms with Crippen molar-refractivity contribution < 1.29 is 101 Å². The van der Waals surface area contributed by atoms with Crippen LogP contribution in [-0.2, 0) is 112 Å². The largest absolute Gasteiger partial charge is 0.497 e. The van der Waals surface area contributed by atoms with Gasteiger partial charge in [0.05, 0.1) is 44.7 Å². The molecule has 0 bridgehead atoms. The third-order valence-electron chi connectivity index (χ3n) is 25.3. The van der Waals surface area contributed by atoms with Crippen molar-refractivity contribution in [3.63, 3.8) is 0 Å². The average molecular weight is 1950 g/mol. The van der Waals surface area contributed by atoms with E-state index < -0.39 is 240 Å². The molecule has 44 nitrogen and oxygen atoms in total. The van der Waals surface area contributed by atoms with Crippen molar-refractivity contribution in [2.75, 3.05) is 72.5 Å². The lowest BCUT2D eigenvalue weighted by atomic mass is 9.93. The van der Waals surface area contributed by atoms with Crippen molar-refractivity contribution in [2.45, 2.75) is 239 Å². The number of carbonyl (C=O) groups excluding carboxylic acids is 17. The molecular weight excluding hydrogens is 1820 g/mol. The number of hydrogen-bond donors (Lipinski definition) is 19. The highest BCUT2D eigenvalue weighted by Crippen LogP contribution is 2.34. The summed E-state index contributed by atoms with van der Waals surface area (Å²) in [6, 6.07) is -0.794. The first-order chi connectivity index (χ1) is 66.4. The number of aromatic nitrogens is 4. The Hall–Kier alpha value is -13.8. The number of rotatable bonds is 30. The molecule has 15 atom stereocenters. The molecule has 3 aliphatic rings. The maximum absolute atomic E-state index is 15.8. The Balaban J connectivity index is 1.13. The number of hydrogen-bond acceptors (Lipinski definition) is 24. The molecule has 754 valence electrons. The normalized spacial score (nSPS) is 24.9. The van der Waals surface area contributed by atoms with Gasteiger partial charge in [-0.15, -0.1) is 18.3 Å². The van der Waals surface area contributed by atoms with Crippen molar-refractivity contribution in [1.29, 1.82) is 0 Å². The van der Waals surface area contributed by atoms with Crippen LogP contribution < -0.4 is 80.8 Å². The average Bonchev–Trinajstić information content (AvgIpc) is 1.62. The van der Waals surface area contributed by atoms with Crippen LogP contribution in [0.5, 0.6) is 5.75 Å². The molecule has 45 heteroatoms. The molecule has 0 saturated carbocycles. The second-order valence-corrected chi connectivity index (χ2v) is 36.2. The highest BCUT2D eigenvalue weighted by atomic mass is 32.2. The number of carboxylic acid groups (broad SMARTS) is 1. The van der Waals surface area contributed by atoms with Crippen molar-refractivity contribution in [2.24, 2.45) is 22.9 Å². The summed E-state index contributed by atoms with van der Waals surface area (Å²) in [6.45, 7) is 7.56. The number of likely N-dealkylation sites (N-methyl/N-ethyl adjacent to an activating group) is 3. The van der Waals surface area contributed by atoms with Crippen molar-refractivity contribution >= 4 is 140 Å². The van der Waals surface area contributed by atoms with E-state index in [0.29, 0.717) is 76.3 Å². The van der Waals surface area contributed by atoms with Gasteiger partial charge >= 0.3 is 5.97 Å². The molecule has 17 amide bonds. The van der Waals surface area contributed by atoms with Crippen LogP contribution in [0.4, 0.5) is 0 Å². The van der Waals surface area contributed by atoms with Gasteiger partial charge < -0.3 is 131 Å². The number of nitrogens with zero attached hydrogens (tertiary/aromatic N) is 6. The van der Waals surface area contributed by atoms with E-state index >= 15 is 52.7 Å². The summed E-state index contributed by atoms with van der Waals surface area (Å²) in [6.07, 6.45) is 3.52. The number of nitrogens with one attached hydrogen (secondary N) is 13. The third kappa shape index (κ3) is 29.4. The van der Waals surface area contributed by atoms with E-state index in [1.165, 1.54) is 47.7 Å². The number of carbonyl (C=O) groups is 18. The third-order valence-corrected chi connectivity index (χ3v) is 26.3. The van der Waals surface area contributed by atoms with E-state index in [4.69, 9.17) is 27.7 Å². The number of aliphatic hydroxyl groups excluding tert-OH is 1. The van der Waals surface area contributed by atoms with Gasteiger partial charge in [0.2, 0.25) is 94.5 Å². The number of H-pyrrole nitrogens is 3. The Bertz CT molecular complexity index is 5360. The van der Waals surface area contributed by atoms with Crippen LogP contribution in [0, 0.1) is 0 Å². The van der Waals surface area contributed by atoms with E-state index in [9.17, 15) is 43.8 Å². The van der Waals surface area contributed by atoms with Gasteiger partial charge in [0.15, 0.2) is 0 Å². The Kier molecular flexibility index (Phi) is 40.8. The highest BCUT2D eigenvalue weighted by molar-refractivity contribution is 8.00. The molecule has 0 spiro atoms. The molecule has 23 N–H and O–H groups in total. The van der Waals surface area contributed by atoms with Crippen LogP contribution >= 0.6 is 11.8 Å². The van der Waals surface area contributed by atoms with Gasteiger partial charge in [-0.25, -0.2) is 4.98 Å². The lowest BCUT2D eigenvalue weighted by molar-refractivity contribution is -0.149. The lowest BCUT2D eigenvalue weighted by Gasteiger charge is -2.38. The Morgan fingerprint density at radius 2 is 1.12 bits per heavy atom. The number of amides is 17. The van der Waals surface area contributed by atoms with E-state index in [0.717, 1.165) is 42.3 Å². The number of nitrogens with two attached hydrogens (primary N) is 4. The fraction of sp³-hybridized carbons (Fsp3) is 0.521. The van der Waals surface area contributed by atoms with Gasteiger partial charge in [-0.3, -0.25) is 86.3 Å². The number of ether oxygens (including phenoxy) is 1. The molecule has 3 aliphatic heterocycles. The monoisotopic (exact) mass is 1950 g/mol. The lowest BCUT2D eigenvalue weighted by Crippen LogP contribution is -2.64. The zero-order valence-corrected chi connectivity index (χ0v) is 80.1. The zero-order chi connectivity index (χ0) is 101. The van der Waals surface area contributed by atoms with Gasteiger partial charge in [-0.2, -0.15) is 0 Å². The number of methoxy groups -OCH3 is 1. The number of aliphatic carboxylic acids is 1. The number of primary amides is 2. The van der Waals surface area contributed by atoms with E-state index in [1.54, 1.807) is 85.2 Å². The quantitative estimate of drug-likeness (QED) is 0.0171. The number of para-hydroxylation sites is 2. The minimum Gasteiger partial charge on any atom is -0.497 e. The zero-order valence-electron chi connectivity index (χ0n) is 79.2. The number of carboxylic acids is 1. The summed E-state index contributed by atoms with van der Waals surface area (Å²) in [4.78, 5) is 285. The second-order valence-electron chi connectivity index (χ2n) is 35.2. The molecule has 3 fully saturated rings. The van der Waals surface area contributed by atoms with E-state index in [2.05, 4.69) is 79.7 Å². The van der Waals surface area contributed by atoms with Gasteiger partial charge in [0.25, 0.3) is 5.91 Å². The van der Waals surface area contributed by atoms with E-state index in [-0.39, 0.29) is 102 Å². The molecule has 6 heterocycles. The Morgan fingerprint density at radius 1 is 0.568 bits per heavy atom. The number of benzene rings is 3. The minimum absolute atomic E-state index is 0.0109. The molecule has 0 aliphatic carbocycles. The molecular formula is C94H131N23O21S. The summed E-state index contributed by atoms with van der Waals surface area (Å²) in [5.41, 5.74) is 24.0. The van der Waals surface area contributed by atoms with Crippen LogP contribution in [0.25, 0.3) is 21.8 Å². The van der Waals surface area contributed by atoms with Crippen LogP contribution in [0.3, 0.4) is 0 Å². The predicted octanol–water partition coefficient (Wildman–Crippen LogP) is -2.03. The molecule has 3 saturated heterocycles. The maximum atomic E-state index is 15.8. The number of imidazole rings is 1. The van der Waals surface area contributed by atoms with Gasteiger partial charge in [0.1, 0.15) is 89.8 Å². The summed E-state index contributed by atoms with van der Waals surface area (Å²) < 4.78 is 5.36. The first-order valence-electron chi connectivity index (χ1n) is 46.6. The molecule has 139 heavy (non-hydrogen) atoms. The molecule has 9 rings (SSSR count). The summed E-state index contributed by atoms with van der Waals surface area (Å²) in [5, 5.41) is 49.8. The fourth-order valence-corrected chi connectivity index (χ4v) is 18.2. The summed E-state index contributed by atoms with van der Waals surface area (Å²) >= 11 is 0.783. The van der Waals surface area contributed by atoms with Gasteiger partial charge in [-0.1, -0.05) is 94.1 Å². The number of fused-ring (bicyclic) bond motifs is 4. The number of thioether (sulfide) groups is 1. The topological polar surface area (TPSA) is 658 Å². The molecule has 3 aromatic heterocycles. The Morgan fingerprint density at radius 3 is 1.72 bits per heavy atom. The standard InChI is InChI=1S/C94H131N23O21S/c1-9-12-28-73-86(130)105-64(27-20-36-96)82(126)111-72(81(125)102-48-77(98)120)50-139-51-78(121)104-69(38-54-30-32-59(138-8)33-31-54)88(132)113(5)53(4)80(124)109-71(43-76(97)119)91(135)117-37-21-34-94(117,11-3)93(137)112-67(41-57-47-99-52-103-57)84(128)106-65(26-18-19-35-95)90(134)116-49-58(118)42-75(116)87(131)108-66(39-55-45-100-62-24-16-14-22-60(55)62)83(127)107-68(44-79(122)123)85(129)110-70(40-56-46-101-63-25-17-15-23-61(56)63)89(133)115(7)74(29-13-10-2)92(136)114(73)6/h11,14-17,22-25,30-33,45-47,52-53,58,64-75,100-101,118H,3,9-10,12-13,18-21,26-29,34-44,48-51,95-96H2,1-2,4-8H3,(H2,97,119)(H2,98,120)(H,99,103)(H,102,125)(H,104,121)(H,105,130)(H,106,128)(H,107,127)(H,108,131)(H,109,124)(H,110,129)(H,111,126)(H,112,137)(H,122,123)/t53-,58+,64-,65?,66-,67-,68-,69-,70-,71-,72-,73-,74-,75-,94-/m0/s1. The van der Waals surface area contributed by atoms with Crippen LogP contribution in [0.15, 0.2) is 110 Å². The molecule has 3 aromatic carbocycles. The van der Waals surface area contributed by atoms with Crippen LogP contribution in [-0.4, -0.2) is 324 Å². The van der Waals surface area contributed by atoms with Crippen molar-refractivity contribution in [1.82, 2.24) is 97.6 Å². The number of aromatic amines is 3. The fourth-order valence-electron chi connectivity index (χ4n) is 17.3. The first kappa shape index (κ1) is 109. The molecule has 0 radical (unpaired) electrons. The Labute approximate surface area is 808 Å². The van der Waals surface area contributed by atoms with Gasteiger partial charge in [0, 0.05) is 118 Å². The second kappa shape index (κ2) is 52.1. The number of aliphatic hydroxyl groups is 1. The highest BCUT2D eigenvalue weighted by Gasteiger charge is 2.52. The van der Waals surface area contributed by atoms with Crippen LogP contribution in [0.2, 0.25) is 0 Å². The SMILES string of the molecule is C=C[C@@]12CCCN1C(=O)[C@H](CC(N)=O)NC(=O)[C@H](C)N(C)C(=O)[C@H](Cc1ccc(OC)cc1)NC(=O)CSC[C@@H](C(=O)NCC(N)=O)NC(=O)[C@H](CCCN)NC(=O)[C@H](CCCC)N(C)C(=O)[C@H](CCCC)N(C)C(=O)[C@H](Cc1c[nH]c3ccccc13)NC(=O)[C@H](CC(=O)O)NC(=O)[C@H](Cc1c[nH]c3ccccc13)NC(=O)[C@@H]1C[C@@H](O)CN1C(=O)C(CCCCN)NC(=O)[C@H](Cc1cnc[nH]1)NC2=O. The number of unbranched alkanes of at least 4 members (excludes halogenated alkanes) is 3. The van der Waals surface area contributed by atoms with Crippen molar-refractivity contribution in [3.05, 3.63) is 133 Å². The smallest absolute Gasteiger partial charge is 0.305 e. The maximum Gasteiger partial charge on any atom is 0.305 e. The molecule has 6 aromatic rings. The molecule has 1 unspecified atom stereocenters. The summed E-state index contributed by atoms with van der Waals surface area (Å²) in [7, 11) is 5.32. The summed E-state index contributed by atoms with van der Waals surface area (Å²) in [5.74, 6) is -18.8. The van der Waals surface area contributed by atoms with Crippen molar-refractivity contribution in [3.8, 4) is 5.75 Å². The predicted molar refractivity (Wildman–Crippen MR) is 512 cm³/mol.